The lowest BCUT2D eigenvalue weighted by molar-refractivity contribution is -0.141. The maximum absolute atomic E-state index is 11.6. The second-order valence-electron chi connectivity index (χ2n) is 5.56. The van der Waals surface area contributed by atoms with Crippen molar-refractivity contribution < 1.29 is 14.7 Å². The van der Waals surface area contributed by atoms with Crippen LogP contribution in [0.2, 0.25) is 0 Å². The van der Waals surface area contributed by atoms with E-state index in [4.69, 9.17) is 5.11 Å². The van der Waals surface area contributed by atoms with Gasteiger partial charge in [-0.1, -0.05) is 33.1 Å². The summed E-state index contributed by atoms with van der Waals surface area (Å²) in [6, 6.07) is -0.252. The number of urea groups is 1. The maximum atomic E-state index is 11.6. The minimum absolute atomic E-state index is 0.192. The Balaban J connectivity index is 2.22. The fourth-order valence-corrected chi connectivity index (χ4v) is 2.60. The molecule has 3 unspecified atom stereocenters. The molecule has 0 heterocycles. The lowest BCUT2D eigenvalue weighted by Crippen LogP contribution is -2.42. The van der Waals surface area contributed by atoms with E-state index in [0.717, 1.165) is 0 Å². The molecule has 0 spiro atoms. The van der Waals surface area contributed by atoms with Crippen molar-refractivity contribution in [3.8, 4) is 0 Å². The summed E-state index contributed by atoms with van der Waals surface area (Å²) in [5.74, 6) is -0.138. The second kappa shape index (κ2) is 8.02. The van der Waals surface area contributed by atoms with E-state index in [-0.39, 0.29) is 12.6 Å². The average molecular weight is 270 g/mol. The van der Waals surface area contributed by atoms with Crippen LogP contribution in [0.25, 0.3) is 0 Å². The van der Waals surface area contributed by atoms with E-state index in [0.29, 0.717) is 24.8 Å². The number of aliphatic carboxylic acids is 1. The van der Waals surface area contributed by atoms with Gasteiger partial charge in [-0.25, -0.2) is 4.79 Å². The highest BCUT2D eigenvalue weighted by molar-refractivity contribution is 5.75. The van der Waals surface area contributed by atoms with Crippen molar-refractivity contribution >= 4 is 12.0 Å². The zero-order valence-electron chi connectivity index (χ0n) is 11.9. The van der Waals surface area contributed by atoms with Gasteiger partial charge in [-0.05, 0) is 24.7 Å². The fraction of sp³-hybridized carbons (Fsp3) is 0.857. The van der Waals surface area contributed by atoms with Crippen LogP contribution in [0.3, 0.4) is 0 Å². The third-order valence-electron chi connectivity index (χ3n) is 4.16. The van der Waals surface area contributed by atoms with Gasteiger partial charge in [0.1, 0.15) is 0 Å². The first kappa shape index (κ1) is 15.8. The van der Waals surface area contributed by atoms with E-state index in [9.17, 15) is 9.59 Å². The summed E-state index contributed by atoms with van der Waals surface area (Å²) < 4.78 is 0. The molecule has 0 radical (unpaired) electrons. The fourth-order valence-electron chi connectivity index (χ4n) is 2.60. The lowest BCUT2D eigenvalue weighted by Gasteiger charge is -2.28. The number of carboxylic acids is 1. The molecule has 0 aromatic carbocycles. The molecule has 0 aromatic heterocycles. The minimum Gasteiger partial charge on any atom is -0.481 e. The molecular formula is C14H26N2O3. The van der Waals surface area contributed by atoms with Gasteiger partial charge in [0.2, 0.25) is 0 Å². The summed E-state index contributed by atoms with van der Waals surface area (Å²) in [7, 11) is 0. The molecule has 1 saturated carbocycles. The van der Waals surface area contributed by atoms with Crippen LogP contribution in [0.5, 0.6) is 0 Å². The Hall–Kier alpha value is -1.26. The number of hydrogen-bond donors (Lipinski definition) is 3. The van der Waals surface area contributed by atoms with Gasteiger partial charge in [-0.2, -0.15) is 0 Å². The Morgan fingerprint density at radius 1 is 1.26 bits per heavy atom. The quantitative estimate of drug-likeness (QED) is 0.692. The summed E-state index contributed by atoms with van der Waals surface area (Å²) in [5.41, 5.74) is 0. The number of carboxylic acid groups (broad SMARTS) is 1. The van der Waals surface area contributed by atoms with Crippen LogP contribution in [0.1, 0.15) is 46.0 Å². The van der Waals surface area contributed by atoms with Crippen molar-refractivity contribution in [2.24, 2.45) is 17.8 Å². The first-order chi connectivity index (χ1) is 9.04. The van der Waals surface area contributed by atoms with Crippen LogP contribution in [-0.4, -0.2) is 30.2 Å². The Bertz CT molecular complexity index is 307. The normalized spacial score (nSPS) is 24.5. The molecule has 1 fully saturated rings. The largest absolute Gasteiger partial charge is 0.481 e. The molecule has 1 aliphatic rings. The Morgan fingerprint density at radius 2 is 1.95 bits per heavy atom. The van der Waals surface area contributed by atoms with Crippen LogP contribution < -0.4 is 10.6 Å². The zero-order chi connectivity index (χ0) is 14.3. The molecule has 19 heavy (non-hydrogen) atoms. The molecular weight excluding hydrogens is 244 g/mol. The molecule has 0 bridgehead atoms. The summed E-state index contributed by atoms with van der Waals surface area (Å²) in [6.07, 6.45) is 5.48. The van der Waals surface area contributed by atoms with Gasteiger partial charge in [-0.3, -0.25) is 4.79 Å². The van der Waals surface area contributed by atoms with E-state index in [1.165, 1.54) is 25.7 Å². The molecule has 5 nitrogen and oxygen atoms in total. The van der Waals surface area contributed by atoms with Gasteiger partial charge >= 0.3 is 12.0 Å². The Kier molecular flexibility index (Phi) is 6.67. The highest BCUT2D eigenvalue weighted by atomic mass is 16.4. The molecule has 0 saturated heterocycles. The summed E-state index contributed by atoms with van der Waals surface area (Å²) in [6.45, 7) is 4.93. The molecule has 0 aliphatic heterocycles. The van der Waals surface area contributed by atoms with Crippen LogP contribution in [-0.2, 0) is 4.79 Å². The highest BCUT2D eigenvalue weighted by Gasteiger charge is 2.22. The summed E-state index contributed by atoms with van der Waals surface area (Å²) in [4.78, 5) is 22.4. The first-order valence-corrected chi connectivity index (χ1v) is 7.29. The maximum Gasteiger partial charge on any atom is 0.314 e. The zero-order valence-corrected chi connectivity index (χ0v) is 11.9. The van der Waals surface area contributed by atoms with Gasteiger partial charge in [0.15, 0.2) is 0 Å². The lowest BCUT2D eigenvalue weighted by atomic mass is 9.80. The van der Waals surface area contributed by atoms with E-state index in [2.05, 4.69) is 17.6 Å². The van der Waals surface area contributed by atoms with E-state index < -0.39 is 11.9 Å². The molecule has 1 aliphatic carbocycles. The van der Waals surface area contributed by atoms with E-state index >= 15 is 0 Å². The second-order valence-corrected chi connectivity index (χ2v) is 5.56. The van der Waals surface area contributed by atoms with Gasteiger partial charge in [0.05, 0.1) is 5.92 Å². The van der Waals surface area contributed by atoms with E-state index in [1.807, 2.05) is 6.92 Å². The topological polar surface area (TPSA) is 78.4 Å². The number of carbonyl (C=O) groups excluding carboxylic acids is 1. The van der Waals surface area contributed by atoms with Crippen molar-refractivity contribution in [1.82, 2.24) is 10.6 Å². The number of hydrogen-bond acceptors (Lipinski definition) is 2. The van der Waals surface area contributed by atoms with Crippen molar-refractivity contribution in [3.05, 3.63) is 0 Å². The Morgan fingerprint density at radius 3 is 2.53 bits per heavy atom. The average Bonchev–Trinajstić information content (AvgIpc) is 2.38. The summed E-state index contributed by atoms with van der Waals surface area (Å²) in [5, 5.41) is 14.4. The number of rotatable bonds is 6. The molecule has 0 aromatic rings. The van der Waals surface area contributed by atoms with Crippen molar-refractivity contribution in [2.75, 3.05) is 13.1 Å². The van der Waals surface area contributed by atoms with Crippen molar-refractivity contribution in [2.45, 2.75) is 46.0 Å². The third-order valence-corrected chi connectivity index (χ3v) is 4.16. The molecule has 110 valence electrons. The number of carbonyl (C=O) groups is 2. The minimum atomic E-state index is -0.858. The molecule has 1 rings (SSSR count). The van der Waals surface area contributed by atoms with Gasteiger partial charge in [-0.15, -0.1) is 0 Å². The van der Waals surface area contributed by atoms with E-state index in [1.54, 1.807) is 0 Å². The molecule has 2 amide bonds. The van der Waals surface area contributed by atoms with Crippen molar-refractivity contribution in [3.63, 3.8) is 0 Å². The predicted octanol–water partition coefficient (Wildman–Crippen LogP) is 2.22. The van der Waals surface area contributed by atoms with Gasteiger partial charge < -0.3 is 15.7 Å². The van der Waals surface area contributed by atoms with Gasteiger partial charge in [0.25, 0.3) is 0 Å². The predicted molar refractivity (Wildman–Crippen MR) is 73.9 cm³/mol. The molecule has 5 heteroatoms. The Labute approximate surface area is 115 Å². The number of nitrogens with one attached hydrogen (secondary N) is 2. The SMILES string of the molecule is CCC(CNC(=O)NCC1CCCCC1C)C(=O)O. The highest BCUT2D eigenvalue weighted by Crippen LogP contribution is 2.28. The van der Waals surface area contributed by atoms with Crippen LogP contribution >= 0.6 is 0 Å². The van der Waals surface area contributed by atoms with Crippen LogP contribution in [0.15, 0.2) is 0 Å². The number of amides is 2. The van der Waals surface area contributed by atoms with Gasteiger partial charge in [0, 0.05) is 13.1 Å². The smallest absolute Gasteiger partial charge is 0.314 e. The van der Waals surface area contributed by atoms with Crippen LogP contribution in [0.4, 0.5) is 4.79 Å². The van der Waals surface area contributed by atoms with Crippen molar-refractivity contribution in [1.29, 1.82) is 0 Å². The third kappa shape index (κ3) is 5.49. The molecule has 3 N–H and O–H groups in total. The molecule has 3 atom stereocenters. The van der Waals surface area contributed by atoms with Crippen LogP contribution in [0, 0.1) is 17.8 Å². The monoisotopic (exact) mass is 270 g/mol. The first-order valence-electron chi connectivity index (χ1n) is 7.29. The standard InChI is InChI=1S/C14H26N2O3/c1-3-11(13(17)18)8-15-14(19)16-9-12-7-5-4-6-10(12)2/h10-12H,3-9H2,1-2H3,(H,17,18)(H2,15,16,19). The summed E-state index contributed by atoms with van der Waals surface area (Å²) >= 11 is 0.